The van der Waals surface area contributed by atoms with Crippen LogP contribution >= 0.6 is 11.6 Å². The summed E-state index contributed by atoms with van der Waals surface area (Å²) in [6.07, 6.45) is 0.109. The second-order valence-corrected chi connectivity index (χ2v) is 5.64. The fourth-order valence-electron chi connectivity index (χ4n) is 1.23. The van der Waals surface area contributed by atoms with Gasteiger partial charge in [-0.2, -0.15) is 0 Å². The monoisotopic (exact) mass is 276 g/mol. The third kappa shape index (κ3) is 4.24. The highest BCUT2D eigenvalue weighted by atomic mass is 35.5. The number of carbonyl (C=O) groups excluding carboxylic acids is 1. The molecule has 7 heteroatoms. The highest BCUT2D eigenvalue weighted by Crippen LogP contribution is 2.17. The van der Waals surface area contributed by atoms with Crippen LogP contribution in [-0.4, -0.2) is 26.6 Å². The Kier molecular flexibility index (Phi) is 4.77. The van der Waals surface area contributed by atoms with Crippen LogP contribution in [0.1, 0.15) is 5.56 Å². The van der Waals surface area contributed by atoms with Crippen molar-refractivity contribution >= 4 is 33.2 Å². The fraction of sp³-hybridized carbons (Fsp3) is 0.300. The van der Waals surface area contributed by atoms with Gasteiger partial charge < -0.3 is 5.32 Å². The molecule has 0 aliphatic carbocycles. The number of benzene rings is 1. The lowest BCUT2D eigenvalue weighted by molar-refractivity contribution is -0.119. The number of rotatable bonds is 5. The van der Waals surface area contributed by atoms with E-state index in [-0.39, 0.29) is 12.3 Å². The summed E-state index contributed by atoms with van der Waals surface area (Å²) in [5.41, 5.74) is 0.970. The van der Waals surface area contributed by atoms with Gasteiger partial charge in [-0.1, -0.05) is 18.2 Å². The maximum Gasteiger partial charge on any atom is 0.246 e. The minimum absolute atomic E-state index is 0.109. The molecule has 1 amide bonds. The standard InChI is InChI=1S/C10H13ClN2O3S/c1-12-10(14)6-8-4-2-3-5-9(8)13-17(15,16)7-11/h2-5,13H,6-7H2,1H3,(H,12,14). The number of anilines is 1. The number of nitrogens with one attached hydrogen (secondary N) is 2. The first-order chi connectivity index (χ1) is 7.98. The molecule has 5 nitrogen and oxygen atoms in total. The average Bonchev–Trinajstić information content (AvgIpc) is 2.31. The Balaban J connectivity index is 2.96. The van der Waals surface area contributed by atoms with Gasteiger partial charge in [-0.05, 0) is 11.6 Å². The van der Waals surface area contributed by atoms with Crippen LogP contribution in [0.4, 0.5) is 5.69 Å². The molecule has 17 heavy (non-hydrogen) atoms. The highest BCUT2D eigenvalue weighted by molar-refractivity contribution is 7.93. The van der Waals surface area contributed by atoms with Crippen LogP contribution < -0.4 is 10.0 Å². The van der Waals surface area contributed by atoms with Crippen LogP contribution in [0.2, 0.25) is 0 Å². The summed E-state index contributed by atoms with van der Waals surface area (Å²) in [6, 6.07) is 6.68. The smallest absolute Gasteiger partial charge is 0.246 e. The molecule has 0 fully saturated rings. The summed E-state index contributed by atoms with van der Waals surface area (Å²) in [5, 5.41) is 1.95. The molecule has 1 rings (SSSR count). The molecule has 0 aromatic heterocycles. The number of carbonyl (C=O) groups is 1. The molecule has 0 radical (unpaired) electrons. The molecule has 2 N–H and O–H groups in total. The van der Waals surface area contributed by atoms with Crippen LogP contribution in [-0.2, 0) is 21.2 Å². The van der Waals surface area contributed by atoms with Crippen molar-refractivity contribution in [3.8, 4) is 0 Å². The second-order valence-electron chi connectivity index (χ2n) is 3.33. The van der Waals surface area contributed by atoms with Crippen LogP contribution in [0.25, 0.3) is 0 Å². The summed E-state index contributed by atoms with van der Waals surface area (Å²) < 4.78 is 25.0. The van der Waals surface area contributed by atoms with Crippen LogP contribution in [0.5, 0.6) is 0 Å². The van der Waals surface area contributed by atoms with Crippen LogP contribution in [0, 0.1) is 0 Å². The van der Waals surface area contributed by atoms with E-state index in [9.17, 15) is 13.2 Å². The molecule has 0 saturated carbocycles. The third-order valence-corrected chi connectivity index (χ3v) is 3.74. The van der Waals surface area contributed by atoms with E-state index in [1.807, 2.05) is 0 Å². The minimum Gasteiger partial charge on any atom is -0.359 e. The number of amides is 1. The number of hydrogen-bond donors (Lipinski definition) is 2. The molecule has 0 spiro atoms. The first-order valence-electron chi connectivity index (χ1n) is 4.83. The Morgan fingerprint density at radius 1 is 1.35 bits per heavy atom. The fourth-order valence-corrected chi connectivity index (χ4v) is 1.98. The first-order valence-corrected chi connectivity index (χ1v) is 7.02. The molecular formula is C10H13ClN2O3S. The maximum absolute atomic E-state index is 11.3. The van der Waals surface area contributed by atoms with E-state index in [0.717, 1.165) is 0 Å². The molecule has 0 aliphatic rings. The maximum atomic E-state index is 11.3. The second kappa shape index (κ2) is 5.88. The molecule has 1 aromatic rings. The van der Waals surface area contributed by atoms with E-state index in [1.165, 1.54) is 7.05 Å². The predicted molar refractivity (Wildman–Crippen MR) is 67.5 cm³/mol. The topological polar surface area (TPSA) is 75.3 Å². The number of hydrogen-bond acceptors (Lipinski definition) is 3. The SMILES string of the molecule is CNC(=O)Cc1ccccc1NS(=O)(=O)CCl. The van der Waals surface area contributed by atoms with E-state index in [1.54, 1.807) is 24.3 Å². The zero-order chi connectivity index (χ0) is 12.9. The lowest BCUT2D eigenvalue weighted by Gasteiger charge is -2.10. The van der Waals surface area contributed by atoms with Gasteiger partial charge in [0.2, 0.25) is 15.9 Å². The average molecular weight is 277 g/mol. The minimum atomic E-state index is -3.55. The van der Waals surface area contributed by atoms with Crippen LogP contribution in [0.3, 0.4) is 0 Å². The lowest BCUT2D eigenvalue weighted by Crippen LogP contribution is -2.21. The highest BCUT2D eigenvalue weighted by Gasteiger charge is 2.12. The molecular weight excluding hydrogens is 264 g/mol. The number of para-hydroxylation sites is 1. The quantitative estimate of drug-likeness (QED) is 0.785. The molecule has 94 valence electrons. The predicted octanol–water partition coefficient (Wildman–Crippen LogP) is 0.913. The summed E-state index contributed by atoms with van der Waals surface area (Å²) in [4.78, 5) is 11.3. The molecule has 0 heterocycles. The van der Waals surface area contributed by atoms with Gasteiger partial charge in [-0.25, -0.2) is 8.42 Å². The van der Waals surface area contributed by atoms with Gasteiger partial charge in [0.1, 0.15) is 5.21 Å². The number of sulfonamides is 1. The van der Waals surface area contributed by atoms with Crippen molar-refractivity contribution in [1.29, 1.82) is 0 Å². The van der Waals surface area contributed by atoms with Gasteiger partial charge in [-0.15, -0.1) is 11.6 Å². The zero-order valence-electron chi connectivity index (χ0n) is 9.23. The van der Waals surface area contributed by atoms with Crippen molar-refractivity contribution in [2.45, 2.75) is 6.42 Å². The summed E-state index contributed by atoms with van der Waals surface area (Å²) in [6.45, 7) is 0. The largest absolute Gasteiger partial charge is 0.359 e. The van der Waals surface area contributed by atoms with Crippen molar-refractivity contribution in [1.82, 2.24) is 5.32 Å². The van der Waals surface area contributed by atoms with Gasteiger partial charge in [0.05, 0.1) is 12.1 Å². The molecule has 0 unspecified atom stereocenters. The Hall–Kier alpha value is -1.27. The van der Waals surface area contributed by atoms with Gasteiger partial charge in [-0.3, -0.25) is 9.52 Å². The Morgan fingerprint density at radius 3 is 2.59 bits per heavy atom. The molecule has 0 atom stereocenters. The van der Waals surface area contributed by atoms with E-state index >= 15 is 0 Å². The summed E-state index contributed by atoms with van der Waals surface area (Å²) in [7, 11) is -2.03. The van der Waals surface area contributed by atoms with Crippen LogP contribution in [0.15, 0.2) is 24.3 Å². The molecule has 1 aromatic carbocycles. The van der Waals surface area contributed by atoms with E-state index in [0.29, 0.717) is 11.3 Å². The van der Waals surface area contributed by atoms with Crippen molar-refractivity contribution in [2.75, 3.05) is 17.0 Å². The summed E-state index contributed by atoms with van der Waals surface area (Å²) in [5.74, 6) is -0.192. The van der Waals surface area contributed by atoms with Crippen molar-refractivity contribution in [2.24, 2.45) is 0 Å². The summed E-state index contributed by atoms with van der Waals surface area (Å²) >= 11 is 5.30. The van der Waals surface area contributed by atoms with Crippen molar-refractivity contribution in [3.05, 3.63) is 29.8 Å². The Morgan fingerprint density at radius 2 is 2.00 bits per heavy atom. The Bertz CT molecular complexity index is 502. The van der Waals surface area contributed by atoms with E-state index in [4.69, 9.17) is 11.6 Å². The van der Waals surface area contributed by atoms with Gasteiger partial charge >= 0.3 is 0 Å². The van der Waals surface area contributed by atoms with Gasteiger partial charge in [0, 0.05) is 7.05 Å². The zero-order valence-corrected chi connectivity index (χ0v) is 10.8. The van der Waals surface area contributed by atoms with Gasteiger partial charge in [0.25, 0.3) is 0 Å². The number of halogens is 1. The van der Waals surface area contributed by atoms with Crippen molar-refractivity contribution < 1.29 is 13.2 Å². The Labute approximate surface area is 105 Å². The molecule has 0 saturated heterocycles. The van der Waals surface area contributed by atoms with E-state index in [2.05, 4.69) is 10.0 Å². The van der Waals surface area contributed by atoms with Crippen molar-refractivity contribution in [3.63, 3.8) is 0 Å². The third-order valence-electron chi connectivity index (χ3n) is 2.06. The normalized spacial score (nSPS) is 10.9. The molecule has 0 aliphatic heterocycles. The number of likely N-dealkylation sites (N-methyl/N-ethyl adjacent to an activating group) is 1. The molecule has 0 bridgehead atoms. The van der Waals surface area contributed by atoms with Gasteiger partial charge in [0.15, 0.2) is 0 Å². The van der Waals surface area contributed by atoms with E-state index < -0.39 is 15.2 Å². The first kappa shape index (κ1) is 13.8. The number of alkyl halides is 1. The lowest BCUT2D eigenvalue weighted by atomic mass is 10.1.